The maximum atomic E-state index is 12.6. The molecule has 1 saturated carbocycles. The Morgan fingerprint density at radius 2 is 1.83 bits per heavy atom. The average Bonchev–Trinajstić information content (AvgIpc) is 2.80. The lowest BCUT2D eigenvalue weighted by molar-refractivity contribution is 0.0865. The Hall–Kier alpha value is -1.55. The molecule has 4 heteroatoms. The van der Waals surface area contributed by atoms with Gasteiger partial charge in [0.25, 0.3) is 5.91 Å². The third kappa shape index (κ3) is 4.47. The predicted molar refractivity (Wildman–Crippen MR) is 94.1 cm³/mol. The molecule has 0 heterocycles. The van der Waals surface area contributed by atoms with E-state index in [1.807, 2.05) is 31.2 Å². The van der Waals surface area contributed by atoms with Gasteiger partial charge in [0.15, 0.2) is 0 Å². The zero-order chi connectivity index (χ0) is 16.7. The second-order valence-corrected chi connectivity index (χ2v) is 6.64. The minimum Gasteiger partial charge on any atom is -0.493 e. The molecular formula is C19H30N2O2. The molecule has 0 aliphatic heterocycles. The van der Waals surface area contributed by atoms with E-state index in [2.05, 4.69) is 24.3 Å². The molecule has 0 saturated heterocycles. The molecule has 1 amide bonds. The van der Waals surface area contributed by atoms with Gasteiger partial charge in [0.05, 0.1) is 12.2 Å². The highest BCUT2D eigenvalue weighted by Crippen LogP contribution is 2.30. The first kappa shape index (κ1) is 17.8. The summed E-state index contributed by atoms with van der Waals surface area (Å²) in [5.74, 6) is 0.617. The molecule has 128 valence electrons. The van der Waals surface area contributed by atoms with Crippen LogP contribution in [0.4, 0.5) is 0 Å². The second-order valence-electron chi connectivity index (χ2n) is 6.64. The summed E-state index contributed by atoms with van der Waals surface area (Å²) < 4.78 is 5.57. The van der Waals surface area contributed by atoms with Crippen LogP contribution in [0, 0.1) is 0 Å². The van der Waals surface area contributed by atoms with Crippen molar-refractivity contribution >= 4 is 5.91 Å². The molecule has 23 heavy (non-hydrogen) atoms. The van der Waals surface area contributed by atoms with Crippen molar-refractivity contribution in [2.45, 2.75) is 51.0 Å². The van der Waals surface area contributed by atoms with Gasteiger partial charge in [-0.25, -0.2) is 0 Å². The van der Waals surface area contributed by atoms with Crippen molar-refractivity contribution < 1.29 is 9.53 Å². The monoisotopic (exact) mass is 318 g/mol. The highest BCUT2D eigenvalue weighted by atomic mass is 16.5. The molecule has 1 fully saturated rings. The summed E-state index contributed by atoms with van der Waals surface area (Å²) in [4.78, 5) is 14.9. The van der Waals surface area contributed by atoms with Gasteiger partial charge in [-0.15, -0.1) is 0 Å². The van der Waals surface area contributed by atoms with Crippen LogP contribution in [0.1, 0.15) is 55.8 Å². The Labute approximate surface area is 140 Å². The number of likely N-dealkylation sites (N-methyl/N-ethyl adjacent to an activating group) is 1. The fraction of sp³-hybridized carbons (Fsp3) is 0.632. The van der Waals surface area contributed by atoms with Gasteiger partial charge in [0.2, 0.25) is 0 Å². The van der Waals surface area contributed by atoms with Crippen LogP contribution in [0.15, 0.2) is 24.3 Å². The number of carbonyl (C=O) groups is 1. The molecule has 0 atom stereocenters. The molecule has 0 aromatic heterocycles. The van der Waals surface area contributed by atoms with Crippen molar-refractivity contribution in [3.05, 3.63) is 29.8 Å². The molecule has 1 N–H and O–H groups in total. The highest BCUT2D eigenvalue weighted by Gasteiger charge is 2.33. The van der Waals surface area contributed by atoms with Gasteiger partial charge in [0.1, 0.15) is 5.75 Å². The van der Waals surface area contributed by atoms with Crippen molar-refractivity contribution in [3.8, 4) is 5.75 Å². The number of amides is 1. The van der Waals surface area contributed by atoms with Gasteiger partial charge in [0, 0.05) is 12.1 Å². The molecular weight excluding hydrogens is 288 g/mol. The Balaban J connectivity index is 2.07. The van der Waals surface area contributed by atoms with Crippen LogP contribution in [0.3, 0.4) is 0 Å². The van der Waals surface area contributed by atoms with Crippen LogP contribution < -0.4 is 10.1 Å². The molecule has 1 aliphatic carbocycles. The maximum absolute atomic E-state index is 12.6. The van der Waals surface area contributed by atoms with Gasteiger partial charge < -0.3 is 15.0 Å². The molecule has 0 spiro atoms. The molecule has 0 radical (unpaired) electrons. The molecule has 1 aromatic rings. The van der Waals surface area contributed by atoms with E-state index in [1.165, 1.54) is 25.7 Å². The molecule has 0 bridgehead atoms. The lowest BCUT2D eigenvalue weighted by atomic mass is 9.88. The Bertz CT molecular complexity index is 506. The minimum atomic E-state index is -0.0421. The average molecular weight is 318 g/mol. The SMILES string of the molecule is CCOc1ccccc1C(=O)NCC1(N(C)C)CCCCCC1. The summed E-state index contributed by atoms with van der Waals surface area (Å²) in [6.07, 6.45) is 7.38. The number of rotatable bonds is 6. The number of hydrogen-bond acceptors (Lipinski definition) is 3. The van der Waals surface area contributed by atoms with Crippen molar-refractivity contribution in [3.63, 3.8) is 0 Å². The summed E-state index contributed by atoms with van der Waals surface area (Å²) in [5.41, 5.74) is 0.698. The van der Waals surface area contributed by atoms with E-state index in [-0.39, 0.29) is 11.4 Å². The summed E-state index contributed by atoms with van der Waals surface area (Å²) >= 11 is 0. The number of hydrogen-bond donors (Lipinski definition) is 1. The second kappa shape index (κ2) is 8.34. The standard InChI is InChI=1S/C19H30N2O2/c1-4-23-17-12-8-7-11-16(17)18(22)20-15-19(21(2)3)13-9-5-6-10-14-19/h7-8,11-12H,4-6,9-10,13-15H2,1-3H3,(H,20,22). The Morgan fingerprint density at radius 3 is 2.43 bits per heavy atom. The number of benzene rings is 1. The zero-order valence-corrected chi connectivity index (χ0v) is 14.7. The number of ether oxygens (including phenoxy) is 1. The molecule has 1 aromatic carbocycles. The van der Waals surface area contributed by atoms with Crippen molar-refractivity contribution in [2.24, 2.45) is 0 Å². The summed E-state index contributed by atoms with van der Waals surface area (Å²) in [6.45, 7) is 3.19. The topological polar surface area (TPSA) is 41.6 Å². The van der Waals surface area contributed by atoms with Crippen LogP contribution >= 0.6 is 0 Å². The van der Waals surface area contributed by atoms with E-state index < -0.39 is 0 Å². The molecule has 2 rings (SSSR count). The number of para-hydroxylation sites is 1. The Kier molecular flexibility index (Phi) is 6.46. The zero-order valence-electron chi connectivity index (χ0n) is 14.7. The van der Waals surface area contributed by atoms with E-state index in [1.54, 1.807) is 0 Å². The van der Waals surface area contributed by atoms with E-state index in [9.17, 15) is 4.79 Å². The molecule has 0 unspecified atom stereocenters. The minimum absolute atomic E-state index is 0.0421. The van der Waals surface area contributed by atoms with Gasteiger partial charge >= 0.3 is 0 Å². The first-order valence-corrected chi connectivity index (χ1v) is 8.76. The van der Waals surface area contributed by atoms with E-state index >= 15 is 0 Å². The lowest BCUT2D eigenvalue weighted by Gasteiger charge is -2.39. The first-order chi connectivity index (χ1) is 11.1. The van der Waals surface area contributed by atoms with Crippen molar-refractivity contribution in [2.75, 3.05) is 27.2 Å². The number of nitrogens with zero attached hydrogens (tertiary/aromatic N) is 1. The lowest BCUT2D eigenvalue weighted by Crippen LogP contribution is -2.52. The third-order valence-corrected chi connectivity index (χ3v) is 4.99. The fourth-order valence-electron chi connectivity index (χ4n) is 3.44. The largest absolute Gasteiger partial charge is 0.493 e. The Morgan fingerprint density at radius 1 is 1.17 bits per heavy atom. The maximum Gasteiger partial charge on any atom is 0.255 e. The number of nitrogens with one attached hydrogen (secondary N) is 1. The van der Waals surface area contributed by atoms with Crippen molar-refractivity contribution in [1.82, 2.24) is 10.2 Å². The van der Waals surface area contributed by atoms with Gasteiger partial charge in [-0.1, -0.05) is 37.8 Å². The summed E-state index contributed by atoms with van der Waals surface area (Å²) in [6, 6.07) is 7.46. The van der Waals surface area contributed by atoms with Gasteiger partial charge in [-0.2, -0.15) is 0 Å². The molecule has 1 aliphatic rings. The van der Waals surface area contributed by atoms with E-state index in [0.29, 0.717) is 24.5 Å². The van der Waals surface area contributed by atoms with E-state index in [4.69, 9.17) is 4.74 Å². The first-order valence-electron chi connectivity index (χ1n) is 8.76. The summed E-state index contributed by atoms with van der Waals surface area (Å²) in [7, 11) is 4.26. The van der Waals surface area contributed by atoms with Crippen LogP contribution in [-0.4, -0.2) is 43.6 Å². The van der Waals surface area contributed by atoms with Crippen LogP contribution in [0.25, 0.3) is 0 Å². The van der Waals surface area contributed by atoms with Gasteiger partial charge in [-0.3, -0.25) is 4.79 Å². The third-order valence-electron chi connectivity index (χ3n) is 4.99. The fourth-order valence-corrected chi connectivity index (χ4v) is 3.44. The summed E-state index contributed by atoms with van der Waals surface area (Å²) in [5, 5.41) is 3.16. The van der Waals surface area contributed by atoms with E-state index in [0.717, 1.165) is 12.8 Å². The van der Waals surface area contributed by atoms with Crippen LogP contribution in [0.2, 0.25) is 0 Å². The quantitative estimate of drug-likeness (QED) is 0.817. The highest BCUT2D eigenvalue weighted by molar-refractivity contribution is 5.96. The van der Waals surface area contributed by atoms with Gasteiger partial charge in [-0.05, 0) is 46.0 Å². The molecule has 4 nitrogen and oxygen atoms in total. The number of carbonyl (C=O) groups excluding carboxylic acids is 1. The van der Waals surface area contributed by atoms with Crippen LogP contribution in [-0.2, 0) is 0 Å². The normalized spacial score (nSPS) is 17.6. The smallest absolute Gasteiger partial charge is 0.255 e. The van der Waals surface area contributed by atoms with Crippen LogP contribution in [0.5, 0.6) is 5.75 Å². The van der Waals surface area contributed by atoms with Crippen molar-refractivity contribution in [1.29, 1.82) is 0 Å². The predicted octanol–water partition coefficient (Wildman–Crippen LogP) is 3.47.